The van der Waals surface area contributed by atoms with E-state index in [-0.39, 0.29) is 24.2 Å². The third-order valence-corrected chi connectivity index (χ3v) is 4.48. The number of hydrogen-bond acceptors (Lipinski definition) is 4. The minimum absolute atomic E-state index is 0.0235. The van der Waals surface area contributed by atoms with Gasteiger partial charge in [-0.1, -0.05) is 18.2 Å². The average molecular weight is 339 g/mol. The number of amides is 2. The molecule has 2 amide bonds. The van der Waals surface area contributed by atoms with Crippen LogP contribution in [0, 0.1) is 5.92 Å². The van der Waals surface area contributed by atoms with E-state index >= 15 is 0 Å². The molecule has 1 aromatic heterocycles. The molecular formula is C19H21N3O3. The van der Waals surface area contributed by atoms with Crippen molar-refractivity contribution in [3.05, 3.63) is 48.2 Å². The largest absolute Gasteiger partial charge is 0.493 e. The fraction of sp³-hybridized carbons (Fsp3) is 0.316. The van der Waals surface area contributed by atoms with Gasteiger partial charge >= 0.3 is 0 Å². The molecule has 2 heterocycles. The Hall–Kier alpha value is -2.89. The highest BCUT2D eigenvalue weighted by Crippen LogP contribution is 2.29. The Bertz CT molecular complexity index is 791. The number of benzene rings is 1. The van der Waals surface area contributed by atoms with Gasteiger partial charge in [-0.25, -0.2) is 4.98 Å². The van der Waals surface area contributed by atoms with Crippen LogP contribution >= 0.6 is 0 Å². The summed E-state index contributed by atoms with van der Waals surface area (Å²) in [5.74, 6) is 0.710. The lowest BCUT2D eigenvalue weighted by Crippen LogP contribution is -2.32. The maximum atomic E-state index is 12.5. The van der Waals surface area contributed by atoms with Gasteiger partial charge in [0, 0.05) is 31.3 Å². The topological polar surface area (TPSA) is 71.5 Å². The fourth-order valence-corrected chi connectivity index (χ4v) is 3.02. The summed E-state index contributed by atoms with van der Waals surface area (Å²) in [6, 6.07) is 11.3. The first-order chi connectivity index (χ1) is 12.1. The minimum Gasteiger partial charge on any atom is -0.493 e. The van der Waals surface area contributed by atoms with Crippen molar-refractivity contribution in [1.82, 2.24) is 4.98 Å². The van der Waals surface area contributed by atoms with Crippen LogP contribution in [0.2, 0.25) is 0 Å². The third kappa shape index (κ3) is 3.63. The number of nitrogens with one attached hydrogen (secondary N) is 1. The number of fused-ring (bicyclic) bond motifs is 1. The standard InChI is InChI=1S/C19H21N3O3/c1-22(18-16(25-2)8-5-11-20-18)17(23)10-9-14-12-13-6-3-4-7-15(13)21-19(14)24/h3-8,11,14H,9-10,12H2,1-2H3,(H,21,24). The number of para-hydroxylation sites is 1. The first-order valence-electron chi connectivity index (χ1n) is 8.24. The van der Waals surface area contributed by atoms with Crippen LogP contribution in [0.15, 0.2) is 42.6 Å². The molecule has 25 heavy (non-hydrogen) atoms. The zero-order valence-electron chi connectivity index (χ0n) is 14.4. The highest BCUT2D eigenvalue weighted by Gasteiger charge is 2.27. The third-order valence-electron chi connectivity index (χ3n) is 4.48. The van der Waals surface area contributed by atoms with E-state index in [1.165, 1.54) is 4.90 Å². The molecule has 3 rings (SSSR count). The van der Waals surface area contributed by atoms with Crippen LogP contribution in [-0.2, 0) is 16.0 Å². The van der Waals surface area contributed by atoms with Crippen molar-refractivity contribution >= 4 is 23.3 Å². The van der Waals surface area contributed by atoms with Gasteiger partial charge in [0.25, 0.3) is 0 Å². The summed E-state index contributed by atoms with van der Waals surface area (Å²) in [5, 5.41) is 2.92. The number of carbonyl (C=O) groups is 2. The Balaban J connectivity index is 1.63. The normalized spacial score (nSPS) is 15.9. The highest BCUT2D eigenvalue weighted by molar-refractivity contribution is 5.97. The van der Waals surface area contributed by atoms with Gasteiger partial charge in [-0.2, -0.15) is 0 Å². The molecule has 0 fully saturated rings. The minimum atomic E-state index is -0.196. The van der Waals surface area contributed by atoms with Crippen molar-refractivity contribution in [2.45, 2.75) is 19.3 Å². The van der Waals surface area contributed by atoms with Gasteiger partial charge < -0.3 is 10.1 Å². The molecule has 0 spiro atoms. The number of nitrogens with zero attached hydrogens (tertiary/aromatic N) is 2. The van der Waals surface area contributed by atoms with E-state index in [2.05, 4.69) is 10.3 Å². The molecular weight excluding hydrogens is 318 g/mol. The highest BCUT2D eigenvalue weighted by atomic mass is 16.5. The van der Waals surface area contributed by atoms with Gasteiger partial charge in [0.2, 0.25) is 11.8 Å². The number of aromatic nitrogens is 1. The van der Waals surface area contributed by atoms with Gasteiger partial charge in [0.1, 0.15) is 0 Å². The van der Waals surface area contributed by atoms with Gasteiger partial charge in [-0.15, -0.1) is 0 Å². The molecule has 0 saturated carbocycles. The molecule has 1 atom stereocenters. The van der Waals surface area contributed by atoms with Crippen LogP contribution in [0.5, 0.6) is 5.75 Å². The van der Waals surface area contributed by atoms with Gasteiger partial charge in [-0.3, -0.25) is 14.5 Å². The van der Waals surface area contributed by atoms with Crippen LogP contribution in [0.3, 0.4) is 0 Å². The summed E-state index contributed by atoms with van der Waals surface area (Å²) in [6.45, 7) is 0. The van der Waals surface area contributed by atoms with Gasteiger partial charge in [-0.05, 0) is 36.6 Å². The first-order valence-corrected chi connectivity index (χ1v) is 8.24. The Labute approximate surface area is 146 Å². The van der Waals surface area contributed by atoms with Crippen molar-refractivity contribution in [2.24, 2.45) is 5.92 Å². The summed E-state index contributed by atoms with van der Waals surface area (Å²) < 4.78 is 5.25. The molecule has 0 saturated heterocycles. The lowest BCUT2D eigenvalue weighted by Gasteiger charge is -2.25. The lowest BCUT2D eigenvalue weighted by atomic mass is 9.89. The Morgan fingerprint density at radius 2 is 2.12 bits per heavy atom. The van der Waals surface area contributed by atoms with E-state index in [9.17, 15) is 9.59 Å². The molecule has 1 unspecified atom stereocenters. The van der Waals surface area contributed by atoms with Crippen molar-refractivity contribution in [2.75, 3.05) is 24.4 Å². The predicted molar refractivity (Wildman–Crippen MR) is 95.7 cm³/mol. The molecule has 6 nitrogen and oxygen atoms in total. The smallest absolute Gasteiger partial charge is 0.228 e. The Morgan fingerprint density at radius 1 is 1.32 bits per heavy atom. The number of carbonyl (C=O) groups excluding carboxylic acids is 2. The van der Waals surface area contributed by atoms with Gasteiger partial charge in [0.15, 0.2) is 11.6 Å². The average Bonchev–Trinajstić information content (AvgIpc) is 2.65. The van der Waals surface area contributed by atoms with Crippen molar-refractivity contribution in [3.8, 4) is 5.75 Å². The molecule has 2 aromatic rings. The maximum absolute atomic E-state index is 12.5. The van der Waals surface area contributed by atoms with E-state index in [1.807, 2.05) is 24.3 Å². The van der Waals surface area contributed by atoms with E-state index in [4.69, 9.17) is 4.74 Å². The predicted octanol–water partition coefficient (Wildman–Crippen LogP) is 2.64. The Kier molecular flexibility index (Phi) is 4.97. The van der Waals surface area contributed by atoms with Crippen molar-refractivity contribution in [1.29, 1.82) is 0 Å². The van der Waals surface area contributed by atoms with Crippen molar-refractivity contribution < 1.29 is 14.3 Å². The summed E-state index contributed by atoms with van der Waals surface area (Å²) >= 11 is 0. The second kappa shape index (κ2) is 7.34. The molecule has 130 valence electrons. The van der Waals surface area contributed by atoms with Crippen molar-refractivity contribution in [3.63, 3.8) is 0 Å². The number of pyridine rings is 1. The summed E-state index contributed by atoms with van der Waals surface area (Å²) in [5.41, 5.74) is 1.98. The lowest BCUT2D eigenvalue weighted by molar-refractivity contribution is -0.121. The number of hydrogen-bond donors (Lipinski definition) is 1. The van der Waals surface area contributed by atoms with Gasteiger partial charge in [0.05, 0.1) is 7.11 Å². The summed E-state index contributed by atoms with van der Waals surface area (Å²) in [6.07, 6.45) is 3.05. The molecule has 1 aromatic carbocycles. The second-order valence-corrected chi connectivity index (χ2v) is 6.07. The molecule has 6 heteroatoms. The van der Waals surface area contributed by atoms with Crippen LogP contribution in [0.4, 0.5) is 11.5 Å². The quantitative estimate of drug-likeness (QED) is 0.909. The number of anilines is 2. The molecule has 1 N–H and O–H groups in total. The monoisotopic (exact) mass is 339 g/mol. The van der Waals surface area contributed by atoms with Crippen LogP contribution in [0.25, 0.3) is 0 Å². The molecule has 0 aliphatic carbocycles. The van der Waals surface area contributed by atoms with E-state index in [0.717, 1.165) is 11.3 Å². The maximum Gasteiger partial charge on any atom is 0.228 e. The van der Waals surface area contributed by atoms with Crippen LogP contribution in [-0.4, -0.2) is 31.0 Å². The molecule has 1 aliphatic rings. The number of methoxy groups -OCH3 is 1. The van der Waals surface area contributed by atoms with E-state index in [0.29, 0.717) is 24.4 Å². The summed E-state index contributed by atoms with van der Waals surface area (Å²) in [4.78, 5) is 30.4. The fourth-order valence-electron chi connectivity index (χ4n) is 3.02. The SMILES string of the molecule is COc1cccnc1N(C)C(=O)CCC1Cc2ccccc2NC1=O. The zero-order chi connectivity index (χ0) is 17.8. The van der Waals surface area contributed by atoms with E-state index < -0.39 is 0 Å². The number of ether oxygens (including phenoxy) is 1. The number of rotatable bonds is 5. The first kappa shape index (κ1) is 17.0. The Morgan fingerprint density at radius 3 is 2.92 bits per heavy atom. The van der Waals surface area contributed by atoms with Crippen LogP contribution in [0.1, 0.15) is 18.4 Å². The molecule has 1 aliphatic heterocycles. The zero-order valence-corrected chi connectivity index (χ0v) is 14.4. The second-order valence-electron chi connectivity index (χ2n) is 6.07. The molecule has 0 bridgehead atoms. The van der Waals surface area contributed by atoms with Crippen LogP contribution < -0.4 is 15.0 Å². The van der Waals surface area contributed by atoms with E-state index in [1.54, 1.807) is 32.5 Å². The molecule has 0 radical (unpaired) electrons. The summed E-state index contributed by atoms with van der Waals surface area (Å²) in [7, 11) is 3.21.